The monoisotopic (exact) mass is 567 g/mol. The molecule has 0 aliphatic carbocycles. The number of unbranched alkanes of at least 4 members (excludes halogenated alkanes) is 13. The van der Waals surface area contributed by atoms with Crippen LogP contribution in [0.1, 0.15) is 111 Å². The molecule has 0 unspecified atom stereocenters. The molecule has 0 saturated heterocycles. The fraction of sp³-hybridized carbons (Fsp3) is 0.724. The Morgan fingerprint density at radius 1 is 0.921 bits per heavy atom. The molecule has 9 heteroatoms. The zero-order valence-corrected chi connectivity index (χ0v) is 25.4. The van der Waals surface area contributed by atoms with Gasteiger partial charge in [0, 0.05) is 10.6 Å². The molecule has 7 nitrogen and oxygen atoms in total. The van der Waals surface area contributed by atoms with Gasteiger partial charge in [0.15, 0.2) is 0 Å². The summed E-state index contributed by atoms with van der Waals surface area (Å²) in [5, 5.41) is 8.04. The highest BCUT2D eigenvalue weighted by Crippen LogP contribution is 2.40. The SMILES string of the molecule is CCCCCCCCCCCCCCCCOc1ccc2c(c1)SCN2CC(CS(=O)(=O)O)=NN=C(C)C. The topological polar surface area (TPSA) is 91.6 Å². The van der Waals surface area contributed by atoms with Gasteiger partial charge in [-0.1, -0.05) is 90.4 Å². The van der Waals surface area contributed by atoms with E-state index in [9.17, 15) is 13.0 Å². The summed E-state index contributed by atoms with van der Waals surface area (Å²) in [7, 11) is -4.18. The van der Waals surface area contributed by atoms with Crippen LogP contribution in [0, 0.1) is 0 Å². The van der Waals surface area contributed by atoms with Crippen LogP contribution < -0.4 is 9.64 Å². The Bertz CT molecular complexity index is 976. The van der Waals surface area contributed by atoms with Crippen molar-refractivity contribution in [3.05, 3.63) is 18.2 Å². The maximum absolute atomic E-state index is 11.4. The lowest BCUT2D eigenvalue weighted by Crippen LogP contribution is -2.31. The molecule has 216 valence electrons. The number of ether oxygens (including phenoxy) is 1. The first-order valence-electron chi connectivity index (χ1n) is 14.4. The summed E-state index contributed by atoms with van der Waals surface area (Å²) in [5.74, 6) is 1.02. The van der Waals surface area contributed by atoms with Crippen molar-refractivity contribution in [3.63, 3.8) is 0 Å². The van der Waals surface area contributed by atoms with Crippen LogP contribution in [0.4, 0.5) is 5.69 Å². The second-order valence-corrected chi connectivity index (χ2v) is 12.9. The van der Waals surface area contributed by atoms with Gasteiger partial charge in [-0.3, -0.25) is 4.55 Å². The number of hydrogen-bond donors (Lipinski definition) is 1. The van der Waals surface area contributed by atoms with Crippen molar-refractivity contribution in [2.24, 2.45) is 10.2 Å². The minimum Gasteiger partial charge on any atom is -0.494 e. The van der Waals surface area contributed by atoms with Crippen LogP contribution in [0.2, 0.25) is 0 Å². The maximum Gasteiger partial charge on any atom is 0.270 e. The van der Waals surface area contributed by atoms with E-state index in [4.69, 9.17) is 4.74 Å². The van der Waals surface area contributed by atoms with E-state index in [1.165, 1.54) is 83.5 Å². The first-order chi connectivity index (χ1) is 18.3. The molecule has 1 aromatic rings. The Balaban J connectivity index is 1.62. The molecular weight excluding hydrogens is 518 g/mol. The average molecular weight is 568 g/mol. The minimum atomic E-state index is -4.18. The second kappa shape index (κ2) is 18.7. The van der Waals surface area contributed by atoms with Crippen molar-refractivity contribution < 1.29 is 17.7 Å². The summed E-state index contributed by atoms with van der Waals surface area (Å²) >= 11 is 1.68. The van der Waals surface area contributed by atoms with Gasteiger partial charge < -0.3 is 9.64 Å². The summed E-state index contributed by atoms with van der Waals surface area (Å²) in [6.45, 7) is 6.86. The van der Waals surface area contributed by atoms with Crippen molar-refractivity contribution in [3.8, 4) is 5.75 Å². The molecule has 0 fully saturated rings. The van der Waals surface area contributed by atoms with Crippen molar-refractivity contribution in [1.29, 1.82) is 0 Å². The van der Waals surface area contributed by atoms with Gasteiger partial charge in [0.1, 0.15) is 11.5 Å². The molecule has 1 aromatic carbocycles. The molecule has 0 spiro atoms. The zero-order chi connectivity index (χ0) is 27.6. The Labute approximate surface area is 235 Å². The van der Waals surface area contributed by atoms with Crippen LogP contribution in [-0.4, -0.2) is 49.2 Å². The summed E-state index contributed by atoms with van der Waals surface area (Å²) < 4.78 is 38.1. The third-order valence-electron chi connectivity index (χ3n) is 6.53. The Hall–Kier alpha value is -1.58. The van der Waals surface area contributed by atoms with Gasteiger partial charge in [-0.25, -0.2) is 0 Å². The molecule has 2 rings (SSSR count). The quantitative estimate of drug-likeness (QED) is 0.0697. The van der Waals surface area contributed by atoms with E-state index < -0.39 is 15.9 Å². The van der Waals surface area contributed by atoms with Gasteiger partial charge in [0.25, 0.3) is 10.1 Å². The normalized spacial score (nSPS) is 13.6. The molecule has 1 aliphatic rings. The smallest absolute Gasteiger partial charge is 0.270 e. The van der Waals surface area contributed by atoms with Crippen molar-refractivity contribution in [2.45, 2.75) is 116 Å². The van der Waals surface area contributed by atoms with Crippen LogP contribution in [0.5, 0.6) is 5.75 Å². The van der Waals surface area contributed by atoms with E-state index in [0.717, 1.165) is 35.1 Å². The van der Waals surface area contributed by atoms with E-state index in [-0.39, 0.29) is 6.54 Å². The molecule has 0 saturated carbocycles. The van der Waals surface area contributed by atoms with E-state index >= 15 is 0 Å². The van der Waals surface area contributed by atoms with Gasteiger partial charge in [-0.05, 0) is 38.5 Å². The average Bonchev–Trinajstić information content (AvgIpc) is 3.25. The third-order valence-corrected chi connectivity index (χ3v) is 8.31. The van der Waals surface area contributed by atoms with E-state index in [2.05, 4.69) is 23.2 Å². The summed E-state index contributed by atoms with van der Waals surface area (Å²) in [4.78, 5) is 3.15. The van der Waals surface area contributed by atoms with E-state index in [1.54, 1.807) is 25.6 Å². The number of rotatable bonds is 21. The number of hydrogen-bond acceptors (Lipinski definition) is 7. The Morgan fingerprint density at radius 2 is 1.50 bits per heavy atom. The zero-order valence-electron chi connectivity index (χ0n) is 23.8. The molecule has 0 radical (unpaired) electrons. The molecule has 0 bridgehead atoms. The molecule has 0 aromatic heterocycles. The standard InChI is InChI=1S/C29H49N3O4S2/c1-4-5-6-7-8-9-10-11-12-13-14-15-16-17-20-36-27-18-19-28-29(21-27)37-24-32(28)22-26(23-38(33,34)35)31-30-25(2)3/h18-19,21H,4-17,20,22-24H2,1-3H3,(H,33,34,35). The number of benzene rings is 1. The predicted octanol–water partition coefficient (Wildman–Crippen LogP) is 8.14. The minimum absolute atomic E-state index is 0.288. The van der Waals surface area contributed by atoms with Crippen LogP contribution in [0.25, 0.3) is 0 Å². The highest BCUT2D eigenvalue weighted by atomic mass is 32.2. The molecule has 1 N–H and O–H groups in total. The van der Waals surface area contributed by atoms with Gasteiger partial charge in [-0.2, -0.15) is 18.6 Å². The van der Waals surface area contributed by atoms with Gasteiger partial charge in [0.05, 0.1) is 30.4 Å². The van der Waals surface area contributed by atoms with Gasteiger partial charge >= 0.3 is 0 Å². The summed E-state index contributed by atoms with van der Waals surface area (Å²) in [6.07, 6.45) is 18.8. The molecular formula is C29H49N3O4S2. The van der Waals surface area contributed by atoms with E-state index in [1.807, 2.05) is 17.0 Å². The third kappa shape index (κ3) is 14.5. The second-order valence-electron chi connectivity index (χ2n) is 10.5. The molecule has 1 aliphatic heterocycles. The molecule has 0 amide bonds. The number of fused-ring (bicyclic) bond motifs is 1. The maximum atomic E-state index is 11.4. The van der Waals surface area contributed by atoms with Crippen LogP contribution in [0.3, 0.4) is 0 Å². The highest BCUT2D eigenvalue weighted by molar-refractivity contribution is 7.99. The highest BCUT2D eigenvalue weighted by Gasteiger charge is 2.23. The number of nitrogens with zero attached hydrogens (tertiary/aromatic N) is 3. The molecule has 0 atom stereocenters. The molecule has 38 heavy (non-hydrogen) atoms. The summed E-state index contributed by atoms with van der Waals surface area (Å²) in [5.41, 5.74) is 2.04. The Morgan fingerprint density at radius 3 is 2.05 bits per heavy atom. The van der Waals surface area contributed by atoms with Crippen LogP contribution in [0.15, 0.2) is 33.3 Å². The number of thioether (sulfide) groups is 1. The first kappa shape index (κ1) is 32.6. The largest absolute Gasteiger partial charge is 0.494 e. The van der Waals surface area contributed by atoms with E-state index in [0.29, 0.717) is 11.6 Å². The lowest BCUT2D eigenvalue weighted by molar-refractivity contribution is 0.303. The molecule has 1 heterocycles. The fourth-order valence-electron chi connectivity index (χ4n) is 4.50. The van der Waals surface area contributed by atoms with Crippen molar-refractivity contribution in [1.82, 2.24) is 0 Å². The summed E-state index contributed by atoms with van der Waals surface area (Å²) in [6, 6.07) is 6.03. The predicted molar refractivity (Wildman–Crippen MR) is 163 cm³/mol. The fourth-order valence-corrected chi connectivity index (χ4v) is 6.14. The van der Waals surface area contributed by atoms with Crippen LogP contribution >= 0.6 is 11.8 Å². The van der Waals surface area contributed by atoms with Crippen LogP contribution in [-0.2, 0) is 10.1 Å². The van der Waals surface area contributed by atoms with Gasteiger partial charge in [-0.15, -0.1) is 11.8 Å². The van der Waals surface area contributed by atoms with Crippen molar-refractivity contribution >= 4 is 39.0 Å². The van der Waals surface area contributed by atoms with Gasteiger partial charge in [0.2, 0.25) is 0 Å². The lowest BCUT2D eigenvalue weighted by Gasteiger charge is -2.19. The Kier molecular flexibility index (Phi) is 16.0. The number of anilines is 1. The lowest BCUT2D eigenvalue weighted by atomic mass is 10.0. The first-order valence-corrected chi connectivity index (χ1v) is 17.0. The van der Waals surface area contributed by atoms with Crippen molar-refractivity contribution in [2.75, 3.05) is 29.7 Å².